The molecule has 0 saturated heterocycles. The van der Waals surface area contributed by atoms with E-state index in [4.69, 9.17) is 0 Å². The number of nitro groups is 1. The fourth-order valence-corrected chi connectivity index (χ4v) is 1.85. The summed E-state index contributed by atoms with van der Waals surface area (Å²) in [7, 11) is 0. The minimum Gasteiger partial charge on any atom is -0.315 e. The van der Waals surface area contributed by atoms with Crippen LogP contribution in [0.3, 0.4) is 0 Å². The second-order valence-corrected chi connectivity index (χ2v) is 4.18. The van der Waals surface area contributed by atoms with Gasteiger partial charge in [-0.2, -0.15) is 0 Å². The van der Waals surface area contributed by atoms with Gasteiger partial charge < -0.3 is 5.32 Å². The van der Waals surface area contributed by atoms with E-state index in [1.807, 2.05) is 0 Å². The minimum atomic E-state index is -0.503. The maximum atomic E-state index is 11.7. The molecule has 0 spiro atoms. The molecule has 0 saturated carbocycles. The summed E-state index contributed by atoms with van der Waals surface area (Å²) in [5.74, 6) is -0.338. The average molecular weight is 264 g/mol. The summed E-state index contributed by atoms with van der Waals surface area (Å²) in [6.45, 7) is 0. The van der Waals surface area contributed by atoms with E-state index in [0.29, 0.717) is 10.6 Å². The lowest BCUT2D eigenvalue weighted by Crippen LogP contribution is -2.14. The molecule has 1 aromatic heterocycles. The Morgan fingerprint density at radius 3 is 2.89 bits per heavy atom. The predicted octanol–water partition coefficient (Wildman–Crippen LogP) is 1.63. The molecule has 0 unspecified atom stereocenters. The quantitative estimate of drug-likeness (QED) is 0.668. The van der Waals surface area contributed by atoms with Crippen LogP contribution in [0.4, 0.5) is 10.7 Å². The Bertz CT molecular complexity index is 570. The maximum Gasteiger partial charge on any atom is 0.273 e. The van der Waals surface area contributed by atoms with Crippen LogP contribution in [0.1, 0.15) is 5.56 Å². The van der Waals surface area contributed by atoms with E-state index in [1.54, 1.807) is 18.2 Å². The van der Waals surface area contributed by atoms with Crippen LogP contribution in [0.2, 0.25) is 0 Å². The third-order valence-corrected chi connectivity index (χ3v) is 2.74. The van der Waals surface area contributed by atoms with E-state index in [0.717, 1.165) is 11.5 Å². The highest BCUT2D eigenvalue weighted by atomic mass is 32.1. The van der Waals surface area contributed by atoms with Gasteiger partial charge in [0.1, 0.15) is 5.00 Å². The number of nitro benzene ring substituents is 1. The number of aromatic nitrogens is 2. The first kappa shape index (κ1) is 12.1. The molecule has 18 heavy (non-hydrogen) atoms. The summed E-state index contributed by atoms with van der Waals surface area (Å²) in [6, 6.07) is 6.15. The summed E-state index contributed by atoms with van der Waals surface area (Å²) in [4.78, 5) is 21.9. The highest BCUT2D eigenvalue weighted by Gasteiger charge is 2.15. The van der Waals surface area contributed by atoms with Crippen molar-refractivity contribution in [2.75, 3.05) is 5.32 Å². The van der Waals surface area contributed by atoms with Gasteiger partial charge in [0.25, 0.3) is 5.69 Å². The van der Waals surface area contributed by atoms with Crippen LogP contribution in [0.15, 0.2) is 30.5 Å². The Morgan fingerprint density at radius 1 is 1.44 bits per heavy atom. The number of carbonyl (C=O) groups is 1. The molecule has 8 heteroatoms. The molecule has 92 valence electrons. The highest BCUT2D eigenvalue weighted by molar-refractivity contribution is 7.10. The third kappa shape index (κ3) is 2.86. The van der Waals surface area contributed by atoms with Crippen molar-refractivity contribution in [2.45, 2.75) is 6.42 Å². The molecule has 0 fully saturated rings. The predicted molar refractivity (Wildman–Crippen MR) is 65.3 cm³/mol. The normalized spacial score (nSPS) is 10.0. The zero-order chi connectivity index (χ0) is 13.0. The van der Waals surface area contributed by atoms with Crippen molar-refractivity contribution in [3.8, 4) is 0 Å². The summed E-state index contributed by atoms with van der Waals surface area (Å²) >= 11 is 1.05. The van der Waals surface area contributed by atoms with Crippen molar-refractivity contribution < 1.29 is 9.72 Å². The molecular formula is C10H8N4O3S. The first-order valence-electron chi connectivity index (χ1n) is 4.96. The Balaban J connectivity index is 2.09. The third-order valence-electron chi connectivity index (χ3n) is 2.16. The Morgan fingerprint density at radius 2 is 2.22 bits per heavy atom. The molecule has 1 aromatic carbocycles. The first-order valence-corrected chi connectivity index (χ1v) is 5.73. The van der Waals surface area contributed by atoms with Gasteiger partial charge in [0.15, 0.2) is 0 Å². The number of amides is 1. The SMILES string of the molecule is O=C(Cc1ccccc1[N+](=O)[O-])Nc1cnns1. The molecule has 2 rings (SSSR count). The number of nitrogens with zero attached hydrogens (tertiary/aromatic N) is 3. The van der Waals surface area contributed by atoms with Gasteiger partial charge in [-0.05, 0) is 0 Å². The Hall–Kier alpha value is -2.35. The first-order chi connectivity index (χ1) is 8.66. The molecule has 0 bridgehead atoms. The highest BCUT2D eigenvalue weighted by Crippen LogP contribution is 2.19. The smallest absolute Gasteiger partial charge is 0.273 e. The number of rotatable bonds is 4. The number of nitrogens with one attached hydrogen (secondary N) is 1. The van der Waals surface area contributed by atoms with Gasteiger partial charge in [-0.1, -0.05) is 22.7 Å². The summed E-state index contributed by atoms with van der Waals surface area (Å²) in [5.41, 5.74) is 0.313. The molecule has 7 nitrogen and oxygen atoms in total. The van der Waals surface area contributed by atoms with Crippen molar-refractivity contribution in [2.24, 2.45) is 0 Å². The van der Waals surface area contributed by atoms with Crippen LogP contribution in [0.5, 0.6) is 0 Å². The molecule has 1 heterocycles. The largest absolute Gasteiger partial charge is 0.315 e. The van der Waals surface area contributed by atoms with Gasteiger partial charge in [0, 0.05) is 23.2 Å². The monoisotopic (exact) mass is 264 g/mol. The molecular weight excluding hydrogens is 256 g/mol. The Kier molecular flexibility index (Phi) is 3.58. The van der Waals surface area contributed by atoms with Gasteiger partial charge in [0.05, 0.1) is 17.5 Å². The van der Waals surface area contributed by atoms with Crippen LogP contribution >= 0.6 is 11.5 Å². The summed E-state index contributed by atoms with van der Waals surface area (Å²) in [6.07, 6.45) is 1.36. The summed E-state index contributed by atoms with van der Waals surface area (Å²) in [5, 5.41) is 17.4. The van der Waals surface area contributed by atoms with E-state index in [2.05, 4.69) is 14.9 Å². The number of anilines is 1. The van der Waals surface area contributed by atoms with Crippen LogP contribution in [-0.4, -0.2) is 20.4 Å². The van der Waals surface area contributed by atoms with Gasteiger partial charge in [-0.25, -0.2) is 0 Å². The lowest BCUT2D eigenvalue weighted by Gasteiger charge is -2.02. The molecule has 0 atom stereocenters. The molecule has 0 aliphatic heterocycles. The van der Waals surface area contributed by atoms with Crippen molar-refractivity contribution in [3.05, 3.63) is 46.1 Å². The lowest BCUT2D eigenvalue weighted by atomic mass is 10.1. The second-order valence-electron chi connectivity index (χ2n) is 3.39. The topological polar surface area (TPSA) is 98.0 Å². The van der Waals surface area contributed by atoms with Crippen molar-refractivity contribution in [1.82, 2.24) is 9.59 Å². The summed E-state index contributed by atoms with van der Waals surface area (Å²) < 4.78 is 3.60. The van der Waals surface area contributed by atoms with Gasteiger partial charge >= 0.3 is 0 Å². The van der Waals surface area contributed by atoms with Crippen LogP contribution in [0.25, 0.3) is 0 Å². The lowest BCUT2D eigenvalue weighted by molar-refractivity contribution is -0.385. The molecule has 1 N–H and O–H groups in total. The fraction of sp³-hybridized carbons (Fsp3) is 0.100. The van der Waals surface area contributed by atoms with Crippen LogP contribution in [0, 0.1) is 10.1 Å². The van der Waals surface area contributed by atoms with Crippen molar-refractivity contribution in [3.63, 3.8) is 0 Å². The minimum absolute atomic E-state index is 0.0601. The van der Waals surface area contributed by atoms with Crippen molar-refractivity contribution >= 4 is 28.1 Å². The standard InChI is InChI=1S/C10H8N4O3S/c15-9(12-10-6-11-13-18-10)5-7-3-1-2-4-8(7)14(16)17/h1-4,6H,5H2,(H,12,15). The van der Waals surface area contributed by atoms with Crippen LogP contribution in [-0.2, 0) is 11.2 Å². The van der Waals surface area contributed by atoms with Gasteiger partial charge in [-0.15, -0.1) is 5.10 Å². The van der Waals surface area contributed by atoms with Crippen molar-refractivity contribution in [1.29, 1.82) is 0 Å². The van der Waals surface area contributed by atoms with E-state index >= 15 is 0 Å². The van der Waals surface area contributed by atoms with Gasteiger partial charge in [-0.3, -0.25) is 14.9 Å². The van der Waals surface area contributed by atoms with E-state index in [9.17, 15) is 14.9 Å². The maximum absolute atomic E-state index is 11.7. The molecule has 0 aliphatic carbocycles. The molecule has 1 amide bonds. The van der Waals surface area contributed by atoms with Crippen LogP contribution < -0.4 is 5.32 Å². The molecule has 0 radical (unpaired) electrons. The zero-order valence-electron chi connectivity index (χ0n) is 9.07. The van der Waals surface area contributed by atoms with E-state index in [-0.39, 0.29) is 18.0 Å². The Labute approximate surface area is 106 Å². The number of hydrogen-bond acceptors (Lipinski definition) is 6. The number of hydrogen-bond donors (Lipinski definition) is 1. The van der Waals surface area contributed by atoms with E-state index in [1.165, 1.54) is 12.3 Å². The zero-order valence-corrected chi connectivity index (χ0v) is 9.88. The van der Waals surface area contributed by atoms with E-state index < -0.39 is 4.92 Å². The fourth-order valence-electron chi connectivity index (χ4n) is 1.42. The molecule has 2 aromatic rings. The molecule has 0 aliphatic rings. The number of carbonyl (C=O) groups excluding carboxylic acids is 1. The van der Waals surface area contributed by atoms with Gasteiger partial charge in [0.2, 0.25) is 5.91 Å². The number of para-hydroxylation sites is 1. The number of benzene rings is 1. The second kappa shape index (κ2) is 5.32. The average Bonchev–Trinajstić information content (AvgIpc) is 2.82.